The summed E-state index contributed by atoms with van der Waals surface area (Å²) >= 11 is 0. The highest BCUT2D eigenvalue weighted by Crippen LogP contribution is 2.35. The monoisotopic (exact) mass is 292 g/mol. The normalized spacial score (nSPS) is 12.5. The number of hydrogen-bond donors (Lipinski definition) is 0. The number of alkyl halides is 3. The molecule has 0 saturated heterocycles. The Morgan fingerprint density at radius 1 is 1.24 bits per heavy atom. The van der Waals surface area contributed by atoms with Crippen LogP contribution in [0.2, 0.25) is 0 Å². The van der Waals surface area contributed by atoms with E-state index in [9.17, 15) is 13.2 Å². The third kappa shape index (κ3) is 3.51. The van der Waals surface area contributed by atoms with Crippen molar-refractivity contribution in [3.05, 3.63) is 59.4 Å². The first-order valence-corrected chi connectivity index (χ1v) is 6.10. The number of benzene rings is 1. The number of nitriles is 1. The van der Waals surface area contributed by atoms with Gasteiger partial charge in [0.1, 0.15) is 11.9 Å². The first kappa shape index (κ1) is 14.9. The summed E-state index contributed by atoms with van der Waals surface area (Å²) in [5.74, 6) is 0.0412. The number of hydrogen-bond acceptors (Lipinski definition) is 3. The van der Waals surface area contributed by atoms with E-state index < -0.39 is 23.4 Å². The quantitative estimate of drug-likeness (QED) is 0.855. The first-order chi connectivity index (χ1) is 9.91. The van der Waals surface area contributed by atoms with Gasteiger partial charge in [0.15, 0.2) is 0 Å². The van der Waals surface area contributed by atoms with E-state index in [-0.39, 0.29) is 5.75 Å². The van der Waals surface area contributed by atoms with Crippen LogP contribution in [0.25, 0.3) is 0 Å². The molecule has 108 valence electrons. The van der Waals surface area contributed by atoms with Crippen molar-refractivity contribution in [3.8, 4) is 11.8 Å². The lowest BCUT2D eigenvalue weighted by Gasteiger charge is -2.16. The molecule has 1 heterocycles. The van der Waals surface area contributed by atoms with Crippen LogP contribution < -0.4 is 4.74 Å². The van der Waals surface area contributed by atoms with Gasteiger partial charge in [0.2, 0.25) is 0 Å². The number of aromatic nitrogens is 1. The molecule has 1 aromatic heterocycles. The van der Waals surface area contributed by atoms with E-state index in [4.69, 9.17) is 10.00 Å². The van der Waals surface area contributed by atoms with Gasteiger partial charge in [-0.1, -0.05) is 6.07 Å². The SMILES string of the molecule is C[C@@H](Oc1ccc(C#N)c(C(F)(F)F)c1)c1ccccn1. The van der Waals surface area contributed by atoms with Gasteiger partial charge >= 0.3 is 6.18 Å². The summed E-state index contributed by atoms with van der Waals surface area (Å²) in [5.41, 5.74) is -0.827. The lowest BCUT2D eigenvalue weighted by molar-refractivity contribution is -0.137. The van der Waals surface area contributed by atoms with Gasteiger partial charge in [-0.3, -0.25) is 4.98 Å². The molecule has 0 aliphatic rings. The van der Waals surface area contributed by atoms with Crippen molar-refractivity contribution in [2.75, 3.05) is 0 Å². The van der Waals surface area contributed by atoms with E-state index in [1.54, 1.807) is 31.3 Å². The van der Waals surface area contributed by atoms with Crippen molar-refractivity contribution in [2.45, 2.75) is 19.2 Å². The zero-order valence-electron chi connectivity index (χ0n) is 11.1. The van der Waals surface area contributed by atoms with E-state index >= 15 is 0 Å². The minimum Gasteiger partial charge on any atom is -0.484 e. The number of pyridine rings is 1. The Bertz CT molecular complexity index is 663. The molecular formula is C15H11F3N2O. The minimum atomic E-state index is -4.60. The van der Waals surface area contributed by atoms with Crippen LogP contribution in [0.1, 0.15) is 29.8 Å². The summed E-state index contributed by atoms with van der Waals surface area (Å²) in [7, 11) is 0. The molecule has 0 N–H and O–H groups in total. The lowest BCUT2D eigenvalue weighted by atomic mass is 10.1. The van der Waals surface area contributed by atoms with Gasteiger partial charge in [0.25, 0.3) is 0 Å². The van der Waals surface area contributed by atoms with Crippen molar-refractivity contribution in [1.29, 1.82) is 5.26 Å². The molecule has 0 bridgehead atoms. The second-order valence-electron chi connectivity index (χ2n) is 4.33. The van der Waals surface area contributed by atoms with Gasteiger partial charge in [-0.15, -0.1) is 0 Å². The molecule has 0 unspecified atom stereocenters. The predicted molar refractivity (Wildman–Crippen MR) is 69.4 cm³/mol. The first-order valence-electron chi connectivity index (χ1n) is 6.10. The molecule has 0 aliphatic heterocycles. The molecule has 0 aliphatic carbocycles. The second-order valence-corrected chi connectivity index (χ2v) is 4.33. The maximum atomic E-state index is 12.9. The number of rotatable bonds is 3. The molecule has 0 saturated carbocycles. The van der Waals surface area contributed by atoms with Gasteiger partial charge in [-0.25, -0.2) is 0 Å². The van der Waals surface area contributed by atoms with E-state index in [0.717, 1.165) is 12.1 Å². The highest BCUT2D eigenvalue weighted by atomic mass is 19.4. The van der Waals surface area contributed by atoms with Crippen molar-refractivity contribution in [3.63, 3.8) is 0 Å². The van der Waals surface area contributed by atoms with E-state index in [1.165, 1.54) is 12.1 Å². The Morgan fingerprint density at radius 3 is 2.57 bits per heavy atom. The summed E-state index contributed by atoms with van der Waals surface area (Å²) in [5, 5.41) is 8.73. The molecule has 6 heteroatoms. The minimum absolute atomic E-state index is 0.0412. The van der Waals surface area contributed by atoms with Crippen LogP contribution in [-0.4, -0.2) is 4.98 Å². The second kappa shape index (κ2) is 5.83. The van der Waals surface area contributed by atoms with Crippen LogP contribution in [0.3, 0.4) is 0 Å². The van der Waals surface area contributed by atoms with E-state index in [2.05, 4.69) is 4.98 Å². The summed E-state index contributed by atoms with van der Waals surface area (Å²) in [6.45, 7) is 1.69. The summed E-state index contributed by atoms with van der Waals surface area (Å²) in [4.78, 5) is 4.08. The summed E-state index contributed by atoms with van der Waals surface area (Å²) in [6.07, 6.45) is -3.52. The van der Waals surface area contributed by atoms with Gasteiger partial charge in [0.05, 0.1) is 22.9 Å². The molecule has 1 aromatic carbocycles. The zero-order chi connectivity index (χ0) is 15.5. The standard InChI is InChI=1S/C15H11F3N2O/c1-10(14-4-2-3-7-20-14)21-12-6-5-11(9-19)13(8-12)15(16,17)18/h2-8,10H,1H3/t10-/m1/s1. The maximum absolute atomic E-state index is 12.9. The van der Waals surface area contributed by atoms with E-state index in [0.29, 0.717) is 5.69 Å². The van der Waals surface area contributed by atoms with Crippen molar-refractivity contribution >= 4 is 0 Å². The molecule has 21 heavy (non-hydrogen) atoms. The molecule has 2 aromatic rings. The predicted octanol–water partition coefficient (Wildman–Crippen LogP) is 4.11. The van der Waals surface area contributed by atoms with Gasteiger partial charge in [-0.2, -0.15) is 18.4 Å². The third-order valence-electron chi connectivity index (χ3n) is 2.83. The number of halogens is 3. The van der Waals surface area contributed by atoms with Crippen LogP contribution in [0, 0.1) is 11.3 Å². The van der Waals surface area contributed by atoms with Gasteiger partial charge < -0.3 is 4.74 Å². The zero-order valence-corrected chi connectivity index (χ0v) is 11.1. The molecule has 0 fully saturated rings. The van der Waals surface area contributed by atoms with Crippen LogP contribution >= 0.6 is 0 Å². The fourth-order valence-corrected chi connectivity index (χ4v) is 1.81. The van der Waals surface area contributed by atoms with Crippen molar-refractivity contribution < 1.29 is 17.9 Å². The van der Waals surface area contributed by atoms with Crippen molar-refractivity contribution in [2.24, 2.45) is 0 Å². The highest BCUT2D eigenvalue weighted by molar-refractivity contribution is 5.44. The Kier molecular flexibility index (Phi) is 4.13. The molecule has 0 amide bonds. The van der Waals surface area contributed by atoms with Gasteiger partial charge in [-0.05, 0) is 37.3 Å². The Balaban J connectivity index is 2.28. The molecule has 1 atom stereocenters. The molecule has 3 nitrogen and oxygen atoms in total. The largest absolute Gasteiger partial charge is 0.484 e. The fourth-order valence-electron chi connectivity index (χ4n) is 1.81. The summed E-state index contributed by atoms with van der Waals surface area (Å²) in [6, 6.07) is 10.0. The average molecular weight is 292 g/mol. The van der Waals surface area contributed by atoms with Crippen LogP contribution in [-0.2, 0) is 6.18 Å². The lowest BCUT2D eigenvalue weighted by Crippen LogP contribution is -2.10. The maximum Gasteiger partial charge on any atom is 0.417 e. The highest BCUT2D eigenvalue weighted by Gasteiger charge is 2.34. The smallest absolute Gasteiger partial charge is 0.417 e. The Morgan fingerprint density at radius 2 is 2.00 bits per heavy atom. The fraction of sp³-hybridized carbons (Fsp3) is 0.200. The molecule has 0 spiro atoms. The van der Waals surface area contributed by atoms with Crippen LogP contribution in [0.15, 0.2) is 42.6 Å². The van der Waals surface area contributed by atoms with Crippen molar-refractivity contribution in [1.82, 2.24) is 4.98 Å². The number of nitrogens with zero attached hydrogens (tertiary/aromatic N) is 2. The topological polar surface area (TPSA) is 45.9 Å². The summed E-state index contributed by atoms with van der Waals surface area (Å²) < 4.78 is 44.0. The third-order valence-corrected chi connectivity index (χ3v) is 2.83. The van der Waals surface area contributed by atoms with Gasteiger partial charge in [0, 0.05) is 6.20 Å². The van der Waals surface area contributed by atoms with Crippen LogP contribution in [0.4, 0.5) is 13.2 Å². The molecular weight excluding hydrogens is 281 g/mol. The number of ether oxygens (including phenoxy) is 1. The molecule has 0 radical (unpaired) electrons. The Labute approximate surface area is 119 Å². The molecule has 2 rings (SSSR count). The van der Waals surface area contributed by atoms with E-state index in [1.807, 2.05) is 0 Å². The average Bonchev–Trinajstić information content (AvgIpc) is 2.47. The Hall–Kier alpha value is -2.55. The van der Waals surface area contributed by atoms with Crippen LogP contribution in [0.5, 0.6) is 5.75 Å².